The molecule has 1 spiro atoms. The van der Waals surface area contributed by atoms with Gasteiger partial charge in [-0.25, -0.2) is 0 Å². The van der Waals surface area contributed by atoms with Gasteiger partial charge in [-0.05, 0) is 61.3 Å². The first-order valence-corrected chi connectivity index (χ1v) is 9.37. The summed E-state index contributed by atoms with van der Waals surface area (Å²) in [5, 5.41) is 35.3. The molecule has 0 saturated heterocycles. The largest absolute Gasteiger partial charge is 0.550 e. The predicted octanol–water partition coefficient (Wildman–Crippen LogP) is -0.415. The highest BCUT2D eigenvalue weighted by molar-refractivity contribution is 5.81. The molecule has 0 aromatic rings. The van der Waals surface area contributed by atoms with Gasteiger partial charge < -0.3 is 29.7 Å². The summed E-state index contributed by atoms with van der Waals surface area (Å²) in [5.41, 5.74) is -3.82. The van der Waals surface area contributed by atoms with Crippen molar-refractivity contribution >= 4 is 18.2 Å². The van der Waals surface area contributed by atoms with Crippen molar-refractivity contribution in [2.45, 2.75) is 57.5 Å². The molecule has 0 aromatic carbocycles. The van der Waals surface area contributed by atoms with Crippen LogP contribution in [0.3, 0.4) is 0 Å². The number of carbonyl (C=O) groups excluding carboxylic acids is 3. The van der Waals surface area contributed by atoms with E-state index in [-0.39, 0.29) is 18.8 Å². The Balaban J connectivity index is 1.98. The van der Waals surface area contributed by atoms with Crippen molar-refractivity contribution in [2.75, 3.05) is 0 Å². The zero-order valence-corrected chi connectivity index (χ0v) is 15.0. The van der Waals surface area contributed by atoms with E-state index in [1.54, 1.807) is 0 Å². The summed E-state index contributed by atoms with van der Waals surface area (Å²) in [5.74, 6) is -4.89. The lowest BCUT2D eigenvalue weighted by Crippen LogP contribution is -2.57. The maximum Gasteiger partial charge on any atom is 0.126 e. The van der Waals surface area contributed by atoms with E-state index in [4.69, 9.17) is 0 Å². The van der Waals surface area contributed by atoms with Crippen molar-refractivity contribution in [3.05, 3.63) is 12.2 Å². The summed E-state index contributed by atoms with van der Waals surface area (Å²) in [6, 6.07) is 0. The molecule has 4 saturated carbocycles. The Morgan fingerprint density at radius 1 is 1.27 bits per heavy atom. The van der Waals surface area contributed by atoms with Crippen molar-refractivity contribution in [1.82, 2.24) is 0 Å². The average molecular weight is 360 g/mol. The normalized spacial score (nSPS) is 52.2. The monoisotopic (exact) mass is 360 g/mol. The lowest BCUT2D eigenvalue weighted by molar-refractivity contribution is -0.330. The molecule has 0 unspecified atom stereocenters. The fourth-order valence-electron chi connectivity index (χ4n) is 7.60. The zero-order chi connectivity index (χ0) is 19.1. The van der Waals surface area contributed by atoms with Gasteiger partial charge in [0.1, 0.15) is 6.29 Å². The highest BCUT2D eigenvalue weighted by Crippen LogP contribution is 2.77. The number of hydrogen-bond donors (Lipinski definition) is 1. The Bertz CT molecular complexity index is 730. The molecule has 0 amide bonds. The second-order valence-corrected chi connectivity index (χ2v) is 9.38. The lowest BCUT2D eigenvalue weighted by atomic mass is 9.53. The van der Waals surface area contributed by atoms with Crippen molar-refractivity contribution < 1.29 is 29.7 Å². The summed E-state index contributed by atoms with van der Waals surface area (Å²) in [6.45, 7) is 5.49. The summed E-state index contributed by atoms with van der Waals surface area (Å²) in [6.07, 6.45) is 3.58. The predicted molar refractivity (Wildman–Crippen MR) is 85.9 cm³/mol. The van der Waals surface area contributed by atoms with Crippen molar-refractivity contribution in [3.63, 3.8) is 0 Å². The first kappa shape index (κ1) is 17.7. The van der Waals surface area contributed by atoms with Crippen molar-refractivity contribution in [2.24, 2.45) is 34.0 Å². The number of carbonyl (C=O) groups is 3. The number of carboxylic acid groups (broad SMARTS) is 2. The van der Waals surface area contributed by atoms with Crippen molar-refractivity contribution in [1.29, 1.82) is 0 Å². The number of aldehydes is 1. The number of rotatable bonds is 3. The fourth-order valence-corrected chi connectivity index (χ4v) is 7.60. The summed E-state index contributed by atoms with van der Waals surface area (Å²) in [4.78, 5) is 36.8. The van der Waals surface area contributed by atoms with Crippen LogP contribution in [0.2, 0.25) is 0 Å². The first-order valence-electron chi connectivity index (χ1n) is 9.37. The van der Waals surface area contributed by atoms with E-state index in [0.717, 1.165) is 6.29 Å². The number of carboxylic acids is 2. The molecule has 0 heterocycles. The topological polar surface area (TPSA) is 118 Å². The van der Waals surface area contributed by atoms with Crippen LogP contribution in [0.1, 0.15) is 51.9 Å². The molecule has 26 heavy (non-hydrogen) atoms. The maximum atomic E-state index is 12.4. The third-order valence-electron chi connectivity index (χ3n) is 8.48. The number of aliphatic carboxylic acids is 2. The van der Waals surface area contributed by atoms with Gasteiger partial charge in [-0.3, -0.25) is 0 Å². The Morgan fingerprint density at radius 3 is 2.54 bits per heavy atom. The molecule has 0 aromatic heterocycles. The molecule has 4 aliphatic carbocycles. The van der Waals surface area contributed by atoms with Gasteiger partial charge in [-0.15, -0.1) is 0 Å². The average Bonchev–Trinajstić information content (AvgIpc) is 2.92. The van der Waals surface area contributed by atoms with Gasteiger partial charge in [0.2, 0.25) is 0 Å². The SMILES string of the molecule is C=C1C[C@]23C[C@@]1(O)CC[C@H]2[C@]1(C=O)CCC[C@@](C)(C(=O)[O-])[C@H]1[C@@H]3C(=O)[O-]. The maximum absolute atomic E-state index is 12.4. The molecule has 142 valence electrons. The van der Waals surface area contributed by atoms with Crippen LogP contribution >= 0.6 is 0 Å². The minimum Gasteiger partial charge on any atom is -0.550 e. The summed E-state index contributed by atoms with van der Waals surface area (Å²) in [7, 11) is 0. The van der Waals surface area contributed by atoms with Gasteiger partial charge in [-0.1, -0.05) is 19.9 Å². The van der Waals surface area contributed by atoms with E-state index in [1.807, 2.05) is 0 Å². The number of fused-ring (bicyclic) bond motifs is 3. The molecule has 0 aliphatic heterocycles. The van der Waals surface area contributed by atoms with Crippen LogP contribution in [-0.2, 0) is 14.4 Å². The highest BCUT2D eigenvalue weighted by Gasteiger charge is 2.76. The molecular weight excluding hydrogens is 336 g/mol. The third-order valence-corrected chi connectivity index (χ3v) is 8.48. The Hall–Kier alpha value is -1.69. The molecule has 4 aliphatic rings. The highest BCUT2D eigenvalue weighted by atomic mass is 16.4. The van der Waals surface area contributed by atoms with Crippen LogP contribution in [0.25, 0.3) is 0 Å². The molecule has 6 nitrogen and oxygen atoms in total. The second-order valence-electron chi connectivity index (χ2n) is 9.38. The lowest BCUT2D eigenvalue weighted by Gasteiger charge is -2.52. The third kappa shape index (κ3) is 1.74. The Kier molecular flexibility index (Phi) is 3.39. The first-order chi connectivity index (χ1) is 12.1. The molecule has 0 radical (unpaired) electrons. The van der Waals surface area contributed by atoms with Gasteiger partial charge in [-0.2, -0.15) is 0 Å². The summed E-state index contributed by atoms with van der Waals surface area (Å²) < 4.78 is 0. The number of aliphatic hydroxyl groups is 1. The van der Waals surface area contributed by atoms with Crippen molar-refractivity contribution in [3.8, 4) is 0 Å². The van der Waals surface area contributed by atoms with Crippen LogP contribution in [0.4, 0.5) is 0 Å². The van der Waals surface area contributed by atoms with Gasteiger partial charge in [0, 0.05) is 28.7 Å². The van der Waals surface area contributed by atoms with Crippen LogP contribution < -0.4 is 10.2 Å². The molecule has 1 N–H and O–H groups in total. The minimum atomic E-state index is -1.40. The molecule has 7 atom stereocenters. The smallest absolute Gasteiger partial charge is 0.126 e. The number of hydrogen-bond acceptors (Lipinski definition) is 6. The van der Waals surface area contributed by atoms with Crippen LogP contribution in [0, 0.1) is 34.0 Å². The molecule has 4 rings (SSSR count). The van der Waals surface area contributed by atoms with E-state index < -0.39 is 45.6 Å². The van der Waals surface area contributed by atoms with E-state index in [0.29, 0.717) is 37.7 Å². The van der Waals surface area contributed by atoms with E-state index in [2.05, 4.69) is 6.58 Å². The fraction of sp³-hybridized carbons (Fsp3) is 0.750. The minimum absolute atomic E-state index is 0.220. The van der Waals surface area contributed by atoms with Crippen LogP contribution in [-0.4, -0.2) is 28.9 Å². The van der Waals surface area contributed by atoms with E-state index >= 15 is 0 Å². The zero-order valence-electron chi connectivity index (χ0n) is 15.0. The quantitative estimate of drug-likeness (QED) is 0.540. The molecule has 2 bridgehead atoms. The van der Waals surface area contributed by atoms with Gasteiger partial charge in [0.15, 0.2) is 0 Å². The Morgan fingerprint density at radius 2 is 1.96 bits per heavy atom. The van der Waals surface area contributed by atoms with Gasteiger partial charge in [0.25, 0.3) is 0 Å². The van der Waals surface area contributed by atoms with Crippen LogP contribution in [0.5, 0.6) is 0 Å². The van der Waals surface area contributed by atoms with Gasteiger partial charge in [0.05, 0.1) is 5.60 Å². The second kappa shape index (κ2) is 4.97. The van der Waals surface area contributed by atoms with Crippen LogP contribution in [0.15, 0.2) is 12.2 Å². The molecular formula is C20H24O6-2. The summed E-state index contributed by atoms with van der Waals surface area (Å²) >= 11 is 0. The Labute approximate surface area is 152 Å². The van der Waals surface area contributed by atoms with Gasteiger partial charge >= 0.3 is 0 Å². The molecule has 4 fully saturated rings. The standard InChI is InChI=1S/C20H26O6/c1-11-8-19-9-20(11,26)7-4-12(19)18(10-21)6-3-5-17(2,16(24)25)14(18)13(19)15(22)23/h10,12-14,26H,1,3-9H2,2H3,(H,22,23)(H,24,25)/p-2/t12-,13+,14+,17+,18+,19-,20-/m0/s1. The van der Waals surface area contributed by atoms with E-state index in [9.17, 15) is 29.7 Å². The van der Waals surface area contributed by atoms with E-state index in [1.165, 1.54) is 6.92 Å². The molecule has 6 heteroatoms.